The van der Waals surface area contributed by atoms with Gasteiger partial charge in [-0.1, -0.05) is 24.3 Å². The second kappa shape index (κ2) is 8.70. The van der Waals surface area contributed by atoms with Gasteiger partial charge in [0.25, 0.3) is 15.9 Å². The topological polar surface area (TPSA) is 78.9 Å². The van der Waals surface area contributed by atoms with Gasteiger partial charge >= 0.3 is 0 Å². The molecule has 0 bridgehead atoms. The van der Waals surface area contributed by atoms with E-state index in [-0.39, 0.29) is 17.0 Å². The van der Waals surface area contributed by atoms with E-state index in [2.05, 4.69) is 12.0 Å². The summed E-state index contributed by atoms with van der Waals surface area (Å²) in [6.45, 7) is 3.70. The zero-order valence-electron chi connectivity index (χ0n) is 15.5. The highest BCUT2D eigenvalue weighted by Gasteiger charge is 2.27. The molecule has 0 fully saturated rings. The van der Waals surface area contributed by atoms with Crippen molar-refractivity contribution in [1.29, 1.82) is 0 Å². The molecule has 0 unspecified atom stereocenters. The number of amides is 1. The van der Waals surface area contributed by atoms with E-state index in [1.54, 1.807) is 44.4 Å². The zero-order valence-corrected chi connectivity index (χ0v) is 16.4. The largest absolute Gasteiger partial charge is 0.495 e. The van der Waals surface area contributed by atoms with Crippen LogP contribution in [0.4, 0.5) is 5.69 Å². The van der Waals surface area contributed by atoms with Crippen LogP contribution < -0.4 is 14.5 Å². The molecule has 2 aromatic carbocycles. The van der Waals surface area contributed by atoms with Crippen molar-refractivity contribution in [2.75, 3.05) is 32.1 Å². The van der Waals surface area contributed by atoms with Gasteiger partial charge in [0.15, 0.2) is 0 Å². The highest BCUT2D eigenvalue weighted by molar-refractivity contribution is 7.92. The third kappa shape index (κ3) is 4.66. The van der Waals surface area contributed by atoms with Gasteiger partial charge in [0, 0.05) is 19.7 Å². The molecule has 0 aromatic heterocycles. The number of hydrogen-bond donors (Lipinski definition) is 1. The Hall–Kier alpha value is -2.84. The van der Waals surface area contributed by atoms with Gasteiger partial charge in [-0.05, 0) is 30.3 Å². The lowest BCUT2D eigenvalue weighted by Crippen LogP contribution is -2.36. The first-order valence-corrected chi connectivity index (χ1v) is 9.60. The van der Waals surface area contributed by atoms with Crippen molar-refractivity contribution >= 4 is 21.6 Å². The third-order valence-corrected chi connectivity index (χ3v) is 5.43. The van der Waals surface area contributed by atoms with Crippen LogP contribution in [0.1, 0.15) is 10.4 Å². The lowest BCUT2D eigenvalue weighted by Gasteiger charge is -2.25. The number of anilines is 1. The summed E-state index contributed by atoms with van der Waals surface area (Å²) in [5.74, 6) is 0.0223. The normalized spacial score (nSPS) is 11.1. The summed E-state index contributed by atoms with van der Waals surface area (Å²) in [6, 6.07) is 12.7. The number of hydrogen-bond acceptors (Lipinski definition) is 5. The maximum absolute atomic E-state index is 13.3. The molecule has 0 aliphatic rings. The Labute approximate surface area is 159 Å². The molecule has 0 heterocycles. The summed E-state index contributed by atoms with van der Waals surface area (Å²) >= 11 is 0. The van der Waals surface area contributed by atoms with E-state index >= 15 is 0 Å². The average Bonchev–Trinajstić information content (AvgIpc) is 2.65. The molecule has 0 saturated heterocycles. The summed E-state index contributed by atoms with van der Waals surface area (Å²) in [5.41, 5.74) is 3.22. The van der Waals surface area contributed by atoms with Gasteiger partial charge in [-0.25, -0.2) is 13.4 Å². The highest BCUT2D eigenvalue weighted by Crippen LogP contribution is 2.32. The highest BCUT2D eigenvalue weighted by atomic mass is 32.2. The number of benzene rings is 2. The first-order chi connectivity index (χ1) is 12.8. The van der Waals surface area contributed by atoms with Crippen LogP contribution in [-0.4, -0.2) is 47.1 Å². The Morgan fingerprint density at radius 2 is 1.89 bits per heavy atom. The predicted molar refractivity (Wildman–Crippen MR) is 105 cm³/mol. The third-order valence-electron chi connectivity index (χ3n) is 3.66. The summed E-state index contributed by atoms with van der Waals surface area (Å²) in [5, 5.41) is 1.49. The number of rotatable bonds is 8. The Kier molecular flexibility index (Phi) is 6.59. The standard InChI is InChI=1S/C19H23N3O4S/c1-5-13-22(17-11-6-7-12-18(17)26-4)27(24,25)16-10-8-9-15(14-16)19(23)20-21(2)3/h5-12,14H,1,13H2,2-4H3,(H,20,23). The van der Waals surface area contributed by atoms with Crippen molar-refractivity contribution in [3.63, 3.8) is 0 Å². The first kappa shape index (κ1) is 20.5. The number of carbonyl (C=O) groups is 1. The van der Waals surface area contributed by atoms with Crippen LogP contribution in [0.25, 0.3) is 0 Å². The molecule has 0 spiro atoms. The fraction of sp³-hybridized carbons (Fsp3) is 0.211. The smallest absolute Gasteiger partial charge is 0.265 e. The van der Waals surface area contributed by atoms with Crippen molar-refractivity contribution in [3.8, 4) is 5.75 Å². The Balaban J connectivity index is 2.51. The van der Waals surface area contributed by atoms with Gasteiger partial charge in [-0.2, -0.15) is 0 Å². The molecule has 0 atom stereocenters. The molecule has 0 aliphatic heterocycles. The predicted octanol–water partition coefficient (Wildman–Crippen LogP) is 2.28. The minimum Gasteiger partial charge on any atom is -0.495 e. The van der Waals surface area contributed by atoms with E-state index in [9.17, 15) is 13.2 Å². The molecule has 8 heteroatoms. The van der Waals surface area contributed by atoms with Gasteiger partial charge in [0.2, 0.25) is 0 Å². The fourth-order valence-corrected chi connectivity index (χ4v) is 3.96. The van der Waals surface area contributed by atoms with Crippen molar-refractivity contribution in [1.82, 2.24) is 10.4 Å². The molecule has 0 aliphatic carbocycles. The van der Waals surface area contributed by atoms with Crippen LogP contribution in [-0.2, 0) is 10.0 Å². The number of ether oxygens (including phenoxy) is 1. The molecular weight excluding hydrogens is 366 g/mol. The SMILES string of the molecule is C=CCN(c1ccccc1OC)S(=O)(=O)c1cccc(C(=O)NN(C)C)c1. The molecule has 0 radical (unpaired) electrons. The van der Waals surface area contributed by atoms with Crippen LogP contribution in [0.5, 0.6) is 5.75 Å². The summed E-state index contributed by atoms with van der Waals surface area (Å²) in [4.78, 5) is 12.2. The molecule has 7 nitrogen and oxygen atoms in total. The summed E-state index contributed by atoms with van der Waals surface area (Å²) in [7, 11) is 0.876. The molecular formula is C19H23N3O4S. The van der Waals surface area contributed by atoms with Gasteiger partial charge in [0.1, 0.15) is 5.75 Å². The van der Waals surface area contributed by atoms with E-state index in [4.69, 9.17) is 4.74 Å². The van der Waals surface area contributed by atoms with Crippen LogP contribution in [0.15, 0.2) is 66.1 Å². The van der Waals surface area contributed by atoms with Gasteiger partial charge < -0.3 is 4.74 Å². The lowest BCUT2D eigenvalue weighted by atomic mass is 10.2. The monoisotopic (exact) mass is 389 g/mol. The Morgan fingerprint density at radius 1 is 1.19 bits per heavy atom. The molecule has 144 valence electrons. The van der Waals surface area contributed by atoms with Crippen LogP contribution in [0.2, 0.25) is 0 Å². The minimum atomic E-state index is -3.94. The van der Waals surface area contributed by atoms with Crippen molar-refractivity contribution in [2.24, 2.45) is 0 Å². The molecule has 2 rings (SSSR count). The second-order valence-corrected chi connectivity index (χ2v) is 7.72. The number of methoxy groups -OCH3 is 1. The molecule has 1 N–H and O–H groups in total. The molecule has 1 amide bonds. The zero-order chi connectivity index (χ0) is 20.0. The molecule has 0 saturated carbocycles. The van der Waals surface area contributed by atoms with Gasteiger partial charge in [-0.3, -0.25) is 14.5 Å². The second-order valence-electron chi connectivity index (χ2n) is 5.86. The van der Waals surface area contributed by atoms with E-state index < -0.39 is 15.9 Å². The number of nitrogens with zero attached hydrogens (tertiary/aromatic N) is 2. The maximum atomic E-state index is 13.3. The van der Waals surface area contributed by atoms with Crippen LogP contribution >= 0.6 is 0 Å². The maximum Gasteiger partial charge on any atom is 0.265 e. The van der Waals surface area contributed by atoms with Gasteiger partial charge in [0.05, 0.1) is 24.2 Å². The van der Waals surface area contributed by atoms with E-state index in [1.807, 2.05) is 0 Å². The average molecular weight is 389 g/mol. The lowest BCUT2D eigenvalue weighted by molar-refractivity contribution is 0.0856. The quantitative estimate of drug-likeness (QED) is 0.554. The van der Waals surface area contributed by atoms with Gasteiger partial charge in [-0.15, -0.1) is 6.58 Å². The number of carbonyl (C=O) groups excluding carboxylic acids is 1. The van der Waals surface area contributed by atoms with Crippen molar-refractivity contribution in [3.05, 3.63) is 66.7 Å². The van der Waals surface area contributed by atoms with Crippen LogP contribution in [0, 0.1) is 0 Å². The minimum absolute atomic E-state index is 0.00154. The summed E-state index contributed by atoms with van der Waals surface area (Å²) in [6.07, 6.45) is 1.49. The first-order valence-electron chi connectivity index (χ1n) is 8.16. The van der Waals surface area contributed by atoms with E-state index in [0.717, 1.165) is 0 Å². The van der Waals surface area contributed by atoms with E-state index in [0.29, 0.717) is 11.4 Å². The fourth-order valence-electron chi connectivity index (χ4n) is 2.47. The number of nitrogens with one attached hydrogen (secondary N) is 1. The summed E-state index contributed by atoms with van der Waals surface area (Å²) < 4.78 is 33.0. The Morgan fingerprint density at radius 3 is 2.52 bits per heavy atom. The van der Waals surface area contributed by atoms with Crippen LogP contribution in [0.3, 0.4) is 0 Å². The Bertz CT molecular complexity index is 926. The van der Waals surface area contributed by atoms with E-state index in [1.165, 1.54) is 40.7 Å². The number of hydrazine groups is 1. The number of para-hydroxylation sites is 2. The van der Waals surface area contributed by atoms with Crippen molar-refractivity contribution in [2.45, 2.75) is 4.90 Å². The molecule has 27 heavy (non-hydrogen) atoms. The molecule has 2 aromatic rings. The van der Waals surface area contributed by atoms with Crippen molar-refractivity contribution < 1.29 is 17.9 Å². The number of sulfonamides is 1.